The van der Waals surface area contributed by atoms with Crippen LogP contribution in [-0.2, 0) is 11.2 Å². The molecule has 0 bridgehead atoms. The SMILES string of the molecule is O=C(Cc1ccc(-c2ccccc2)cc1)NCCN1CCCCC1. The number of piperidine rings is 1. The van der Waals surface area contributed by atoms with Gasteiger partial charge in [-0.1, -0.05) is 61.0 Å². The number of rotatable bonds is 6. The molecule has 3 nitrogen and oxygen atoms in total. The van der Waals surface area contributed by atoms with Crippen LogP contribution in [0.3, 0.4) is 0 Å². The third kappa shape index (κ3) is 4.93. The lowest BCUT2D eigenvalue weighted by atomic mass is 10.0. The number of hydrogen-bond donors (Lipinski definition) is 1. The van der Waals surface area contributed by atoms with Gasteiger partial charge in [0.25, 0.3) is 0 Å². The van der Waals surface area contributed by atoms with Gasteiger partial charge in [0.2, 0.25) is 5.91 Å². The van der Waals surface area contributed by atoms with E-state index in [-0.39, 0.29) is 5.91 Å². The molecule has 2 aromatic carbocycles. The molecule has 0 unspecified atom stereocenters. The van der Waals surface area contributed by atoms with E-state index < -0.39 is 0 Å². The first-order valence-corrected chi connectivity index (χ1v) is 8.95. The first kappa shape index (κ1) is 16.7. The van der Waals surface area contributed by atoms with Crippen molar-refractivity contribution in [3.63, 3.8) is 0 Å². The summed E-state index contributed by atoms with van der Waals surface area (Å²) in [4.78, 5) is 14.5. The molecule has 1 fully saturated rings. The molecule has 1 saturated heterocycles. The third-order valence-corrected chi connectivity index (χ3v) is 4.62. The van der Waals surface area contributed by atoms with Crippen LogP contribution in [-0.4, -0.2) is 37.0 Å². The molecule has 2 aromatic rings. The van der Waals surface area contributed by atoms with Crippen molar-refractivity contribution in [3.8, 4) is 11.1 Å². The molecule has 0 aliphatic carbocycles. The van der Waals surface area contributed by atoms with Crippen molar-refractivity contribution >= 4 is 5.91 Å². The Balaban J connectivity index is 1.44. The summed E-state index contributed by atoms with van der Waals surface area (Å²) < 4.78 is 0. The molecule has 1 aliphatic heterocycles. The second-order valence-corrected chi connectivity index (χ2v) is 6.49. The molecule has 126 valence electrons. The maximum absolute atomic E-state index is 12.1. The summed E-state index contributed by atoms with van der Waals surface area (Å²) in [6.45, 7) is 4.08. The van der Waals surface area contributed by atoms with Crippen molar-refractivity contribution in [3.05, 3.63) is 60.2 Å². The van der Waals surface area contributed by atoms with Gasteiger partial charge in [-0.3, -0.25) is 4.79 Å². The number of nitrogens with one attached hydrogen (secondary N) is 1. The minimum Gasteiger partial charge on any atom is -0.355 e. The molecule has 1 N–H and O–H groups in total. The molecule has 0 spiro atoms. The van der Waals surface area contributed by atoms with Crippen LogP contribution in [0.15, 0.2) is 54.6 Å². The molecular formula is C21H26N2O. The van der Waals surface area contributed by atoms with Crippen molar-refractivity contribution in [2.45, 2.75) is 25.7 Å². The van der Waals surface area contributed by atoms with E-state index in [1.54, 1.807) is 0 Å². The minimum absolute atomic E-state index is 0.111. The largest absolute Gasteiger partial charge is 0.355 e. The average Bonchev–Trinajstić information content (AvgIpc) is 2.64. The van der Waals surface area contributed by atoms with Gasteiger partial charge in [0, 0.05) is 13.1 Å². The van der Waals surface area contributed by atoms with E-state index in [2.05, 4.69) is 34.5 Å². The predicted molar refractivity (Wildman–Crippen MR) is 98.9 cm³/mol. The Kier molecular flexibility index (Phi) is 6.02. The van der Waals surface area contributed by atoms with E-state index in [4.69, 9.17) is 0 Å². The Hall–Kier alpha value is -2.13. The van der Waals surface area contributed by atoms with Gasteiger partial charge in [-0.2, -0.15) is 0 Å². The van der Waals surface area contributed by atoms with Crippen LogP contribution in [0.25, 0.3) is 11.1 Å². The number of carbonyl (C=O) groups excluding carboxylic acids is 1. The lowest BCUT2D eigenvalue weighted by molar-refractivity contribution is -0.120. The highest BCUT2D eigenvalue weighted by Crippen LogP contribution is 2.19. The lowest BCUT2D eigenvalue weighted by Crippen LogP contribution is -2.38. The van der Waals surface area contributed by atoms with Crippen LogP contribution in [0.5, 0.6) is 0 Å². The van der Waals surface area contributed by atoms with Gasteiger partial charge in [0.1, 0.15) is 0 Å². The highest BCUT2D eigenvalue weighted by molar-refractivity contribution is 5.78. The van der Waals surface area contributed by atoms with Crippen LogP contribution in [0.4, 0.5) is 0 Å². The van der Waals surface area contributed by atoms with Gasteiger partial charge < -0.3 is 10.2 Å². The summed E-state index contributed by atoms with van der Waals surface area (Å²) >= 11 is 0. The normalized spacial score (nSPS) is 15.2. The zero-order valence-corrected chi connectivity index (χ0v) is 14.2. The molecule has 3 rings (SSSR count). The Morgan fingerprint density at radius 3 is 2.25 bits per heavy atom. The molecule has 1 amide bonds. The monoisotopic (exact) mass is 322 g/mol. The van der Waals surface area contributed by atoms with Crippen LogP contribution in [0.2, 0.25) is 0 Å². The Morgan fingerprint density at radius 2 is 1.54 bits per heavy atom. The lowest BCUT2D eigenvalue weighted by Gasteiger charge is -2.26. The van der Waals surface area contributed by atoms with Gasteiger partial charge in [0.05, 0.1) is 6.42 Å². The molecule has 0 radical (unpaired) electrons. The van der Waals surface area contributed by atoms with Crippen molar-refractivity contribution in [2.24, 2.45) is 0 Å². The van der Waals surface area contributed by atoms with E-state index in [9.17, 15) is 4.79 Å². The summed E-state index contributed by atoms with van der Waals surface area (Å²) in [5.74, 6) is 0.111. The van der Waals surface area contributed by atoms with Gasteiger partial charge in [-0.25, -0.2) is 0 Å². The predicted octanol–water partition coefficient (Wildman–Crippen LogP) is 3.50. The van der Waals surface area contributed by atoms with E-state index in [1.807, 2.05) is 30.3 Å². The van der Waals surface area contributed by atoms with Gasteiger partial charge in [-0.15, -0.1) is 0 Å². The fourth-order valence-corrected chi connectivity index (χ4v) is 3.23. The van der Waals surface area contributed by atoms with Gasteiger partial charge >= 0.3 is 0 Å². The third-order valence-electron chi connectivity index (χ3n) is 4.62. The Bertz CT molecular complexity index is 631. The fourth-order valence-electron chi connectivity index (χ4n) is 3.23. The zero-order chi connectivity index (χ0) is 16.6. The van der Waals surface area contributed by atoms with Crippen LogP contribution in [0, 0.1) is 0 Å². The Morgan fingerprint density at radius 1 is 0.875 bits per heavy atom. The molecule has 1 aliphatic rings. The highest BCUT2D eigenvalue weighted by Gasteiger charge is 2.10. The number of likely N-dealkylation sites (tertiary alicyclic amines) is 1. The van der Waals surface area contributed by atoms with E-state index >= 15 is 0 Å². The molecule has 1 heterocycles. The molecule has 0 aromatic heterocycles. The topological polar surface area (TPSA) is 32.3 Å². The minimum atomic E-state index is 0.111. The van der Waals surface area contributed by atoms with Crippen molar-refractivity contribution < 1.29 is 4.79 Å². The summed E-state index contributed by atoms with van der Waals surface area (Å²) in [5.41, 5.74) is 3.45. The summed E-state index contributed by atoms with van der Waals surface area (Å²) in [7, 11) is 0. The van der Waals surface area contributed by atoms with Gasteiger partial charge in [0.15, 0.2) is 0 Å². The average molecular weight is 322 g/mol. The smallest absolute Gasteiger partial charge is 0.224 e. The quantitative estimate of drug-likeness (QED) is 0.883. The van der Waals surface area contributed by atoms with Crippen LogP contribution < -0.4 is 5.32 Å². The van der Waals surface area contributed by atoms with E-state index in [1.165, 1.54) is 43.5 Å². The fraction of sp³-hybridized carbons (Fsp3) is 0.381. The molecular weight excluding hydrogens is 296 g/mol. The first-order chi connectivity index (χ1) is 11.8. The molecule has 24 heavy (non-hydrogen) atoms. The van der Waals surface area contributed by atoms with Crippen molar-refractivity contribution in [1.82, 2.24) is 10.2 Å². The van der Waals surface area contributed by atoms with Crippen LogP contribution >= 0.6 is 0 Å². The number of nitrogens with zero attached hydrogens (tertiary/aromatic N) is 1. The summed E-state index contributed by atoms with van der Waals surface area (Å²) in [5, 5.41) is 3.04. The molecule has 0 atom stereocenters. The van der Waals surface area contributed by atoms with E-state index in [0.29, 0.717) is 6.42 Å². The van der Waals surface area contributed by atoms with Gasteiger partial charge in [-0.05, 0) is 42.6 Å². The number of benzene rings is 2. The number of amides is 1. The zero-order valence-electron chi connectivity index (χ0n) is 14.2. The van der Waals surface area contributed by atoms with Crippen LogP contribution in [0.1, 0.15) is 24.8 Å². The first-order valence-electron chi connectivity index (χ1n) is 8.95. The number of carbonyl (C=O) groups is 1. The highest BCUT2D eigenvalue weighted by atomic mass is 16.1. The maximum atomic E-state index is 12.1. The summed E-state index contributed by atoms with van der Waals surface area (Å²) in [6, 6.07) is 18.6. The maximum Gasteiger partial charge on any atom is 0.224 e. The van der Waals surface area contributed by atoms with Crippen molar-refractivity contribution in [2.75, 3.05) is 26.2 Å². The second-order valence-electron chi connectivity index (χ2n) is 6.49. The standard InChI is InChI=1S/C21H26N2O/c24-21(22-13-16-23-14-5-2-6-15-23)17-18-9-11-20(12-10-18)19-7-3-1-4-8-19/h1,3-4,7-12H,2,5-6,13-17H2,(H,22,24). The molecule has 3 heteroatoms. The number of hydrogen-bond acceptors (Lipinski definition) is 2. The van der Waals surface area contributed by atoms with Crippen molar-refractivity contribution in [1.29, 1.82) is 0 Å². The van der Waals surface area contributed by atoms with E-state index in [0.717, 1.165) is 18.7 Å². The summed E-state index contributed by atoms with van der Waals surface area (Å²) in [6.07, 6.45) is 4.39. The Labute approximate surface area is 144 Å². The second kappa shape index (κ2) is 8.65. The molecule has 0 saturated carbocycles.